The van der Waals surface area contributed by atoms with Gasteiger partial charge in [-0.25, -0.2) is 0 Å². The Morgan fingerprint density at radius 3 is 2.67 bits per heavy atom. The lowest BCUT2D eigenvalue weighted by molar-refractivity contribution is -0.133. The number of aliphatic hydroxyl groups excluding tert-OH is 1. The van der Waals surface area contributed by atoms with Gasteiger partial charge in [0.15, 0.2) is 0 Å². The lowest BCUT2D eigenvalue weighted by Crippen LogP contribution is -2.41. The predicted molar refractivity (Wildman–Crippen MR) is 85.5 cm³/mol. The lowest BCUT2D eigenvalue weighted by Gasteiger charge is -2.32. The van der Waals surface area contributed by atoms with Crippen LogP contribution in [0.2, 0.25) is 0 Å². The molecule has 1 unspecified atom stereocenters. The number of hydrogen-bond acceptors (Lipinski definition) is 3. The molecule has 21 heavy (non-hydrogen) atoms. The molecule has 1 amide bonds. The van der Waals surface area contributed by atoms with Gasteiger partial charge in [-0.2, -0.15) is 0 Å². The summed E-state index contributed by atoms with van der Waals surface area (Å²) < 4.78 is 0. The maximum atomic E-state index is 12.2. The average Bonchev–Trinajstić information content (AvgIpc) is 2.53. The predicted octanol–water partition coefficient (Wildman–Crippen LogP) is 1.92. The lowest BCUT2D eigenvalue weighted by atomic mass is 9.98. The maximum absolute atomic E-state index is 12.2. The van der Waals surface area contributed by atoms with Crippen LogP contribution in [0.1, 0.15) is 24.8 Å². The van der Waals surface area contributed by atoms with E-state index in [0.717, 1.165) is 32.4 Å². The van der Waals surface area contributed by atoms with Crippen molar-refractivity contribution in [2.45, 2.75) is 25.7 Å². The van der Waals surface area contributed by atoms with Crippen LogP contribution in [-0.4, -0.2) is 49.7 Å². The Bertz CT molecular complexity index is 456. The third-order valence-electron chi connectivity index (χ3n) is 4.21. The summed E-state index contributed by atoms with van der Waals surface area (Å²) in [5.74, 6) is 0.479. The first kappa shape index (κ1) is 15.8. The van der Waals surface area contributed by atoms with Crippen LogP contribution in [0.25, 0.3) is 0 Å². The number of nitrogens with zero attached hydrogens (tertiary/aromatic N) is 2. The number of carbonyl (C=O) groups excluding carboxylic acids is 1. The summed E-state index contributed by atoms with van der Waals surface area (Å²) in [6, 6.07) is 8.36. The number of anilines is 1. The first-order valence-electron chi connectivity index (χ1n) is 7.75. The first-order valence-corrected chi connectivity index (χ1v) is 7.75. The zero-order valence-corrected chi connectivity index (χ0v) is 13.1. The van der Waals surface area contributed by atoms with Crippen molar-refractivity contribution in [1.82, 2.24) is 4.90 Å². The van der Waals surface area contributed by atoms with E-state index in [4.69, 9.17) is 0 Å². The second-order valence-electron chi connectivity index (χ2n) is 6.09. The molecule has 1 aliphatic rings. The number of aliphatic hydroxyl groups is 1. The minimum atomic E-state index is 0.190. The van der Waals surface area contributed by atoms with E-state index in [-0.39, 0.29) is 18.4 Å². The third kappa shape index (κ3) is 4.46. The molecule has 1 saturated heterocycles. The molecule has 4 nitrogen and oxygen atoms in total. The van der Waals surface area contributed by atoms with Crippen LogP contribution in [-0.2, 0) is 11.2 Å². The monoisotopic (exact) mass is 290 g/mol. The fourth-order valence-electron chi connectivity index (χ4n) is 2.81. The largest absolute Gasteiger partial charge is 0.396 e. The van der Waals surface area contributed by atoms with Gasteiger partial charge in [0.1, 0.15) is 0 Å². The number of likely N-dealkylation sites (tertiary alicyclic amines) is 1. The zero-order chi connectivity index (χ0) is 15.2. The Morgan fingerprint density at radius 1 is 1.33 bits per heavy atom. The first-order chi connectivity index (χ1) is 10.1. The smallest absolute Gasteiger partial charge is 0.222 e. The van der Waals surface area contributed by atoms with Gasteiger partial charge < -0.3 is 14.9 Å². The molecule has 0 aromatic heterocycles. The summed E-state index contributed by atoms with van der Waals surface area (Å²) in [4.78, 5) is 16.2. The van der Waals surface area contributed by atoms with Gasteiger partial charge in [-0.3, -0.25) is 4.79 Å². The summed E-state index contributed by atoms with van der Waals surface area (Å²) in [6.07, 6.45) is 3.38. The quantitative estimate of drug-likeness (QED) is 0.901. The van der Waals surface area contributed by atoms with Crippen molar-refractivity contribution in [3.8, 4) is 0 Å². The van der Waals surface area contributed by atoms with Crippen LogP contribution < -0.4 is 4.90 Å². The highest BCUT2D eigenvalue weighted by atomic mass is 16.3. The molecule has 1 aromatic rings. The average molecular weight is 290 g/mol. The van der Waals surface area contributed by atoms with Crippen LogP contribution >= 0.6 is 0 Å². The third-order valence-corrected chi connectivity index (χ3v) is 4.21. The van der Waals surface area contributed by atoms with Crippen molar-refractivity contribution < 1.29 is 9.90 Å². The van der Waals surface area contributed by atoms with Crippen molar-refractivity contribution in [1.29, 1.82) is 0 Å². The standard InChI is InChI=1S/C17H26N2O2/c1-18(2)16-8-5-14(6-9-16)7-10-17(21)19-11-3-4-15(12-19)13-20/h5-6,8-9,15,20H,3-4,7,10-13H2,1-2H3. The summed E-state index contributed by atoms with van der Waals surface area (Å²) in [5, 5.41) is 9.23. The Balaban J connectivity index is 1.83. The highest BCUT2D eigenvalue weighted by molar-refractivity contribution is 5.76. The van der Waals surface area contributed by atoms with E-state index in [1.165, 1.54) is 11.3 Å². The summed E-state index contributed by atoms with van der Waals surface area (Å²) in [6.45, 7) is 1.75. The molecule has 2 rings (SSSR count). The molecule has 0 bridgehead atoms. The van der Waals surface area contributed by atoms with E-state index < -0.39 is 0 Å². The van der Waals surface area contributed by atoms with Crippen LogP contribution in [0, 0.1) is 5.92 Å². The van der Waals surface area contributed by atoms with Crippen LogP contribution in [0.4, 0.5) is 5.69 Å². The van der Waals surface area contributed by atoms with Crippen molar-refractivity contribution in [2.24, 2.45) is 5.92 Å². The van der Waals surface area contributed by atoms with Crippen LogP contribution in [0.15, 0.2) is 24.3 Å². The SMILES string of the molecule is CN(C)c1ccc(CCC(=O)N2CCCC(CO)C2)cc1. The highest BCUT2D eigenvalue weighted by Crippen LogP contribution is 2.18. The zero-order valence-electron chi connectivity index (χ0n) is 13.1. The van der Waals surface area contributed by atoms with Crippen molar-refractivity contribution in [3.63, 3.8) is 0 Å². The molecule has 1 heterocycles. The van der Waals surface area contributed by atoms with E-state index in [2.05, 4.69) is 29.2 Å². The molecule has 1 aromatic carbocycles. The molecule has 1 fully saturated rings. The molecular weight excluding hydrogens is 264 g/mol. The maximum Gasteiger partial charge on any atom is 0.222 e. The van der Waals surface area contributed by atoms with E-state index >= 15 is 0 Å². The van der Waals surface area contributed by atoms with Crippen LogP contribution in [0.3, 0.4) is 0 Å². The Morgan fingerprint density at radius 2 is 2.05 bits per heavy atom. The second-order valence-corrected chi connectivity index (χ2v) is 6.09. The van der Waals surface area contributed by atoms with Crippen LogP contribution in [0.5, 0.6) is 0 Å². The molecule has 116 valence electrons. The summed E-state index contributed by atoms with van der Waals surface area (Å²) in [7, 11) is 4.04. The fourth-order valence-corrected chi connectivity index (χ4v) is 2.81. The molecule has 1 aliphatic heterocycles. The second kappa shape index (κ2) is 7.46. The number of hydrogen-bond donors (Lipinski definition) is 1. The van der Waals surface area contributed by atoms with Crippen molar-refractivity contribution in [2.75, 3.05) is 38.7 Å². The number of benzene rings is 1. The molecule has 0 saturated carbocycles. The van der Waals surface area contributed by atoms with Crippen molar-refractivity contribution >= 4 is 11.6 Å². The molecule has 4 heteroatoms. The molecular formula is C17H26N2O2. The summed E-state index contributed by atoms with van der Waals surface area (Å²) >= 11 is 0. The minimum Gasteiger partial charge on any atom is -0.396 e. The molecule has 1 N–H and O–H groups in total. The van der Waals surface area contributed by atoms with E-state index in [9.17, 15) is 9.90 Å². The Hall–Kier alpha value is -1.55. The van der Waals surface area contributed by atoms with E-state index in [0.29, 0.717) is 6.42 Å². The molecule has 0 radical (unpaired) electrons. The number of aryl methyl sites for hydroxylation is 1. The van der Waals surface area contributed by atoms with E-state index in [1.54, 1.807) is 0 Å². The Kier molecular flexibility index (Phi) is 5.62. The van der Waals surface area contributed by atoms with Gasteiger partial charge in [0.2, 0.25) is 5.91 Å². The minimum absolute atomic E-state index is 0.190. The van der Waals surface area contributed by atoms with Gasteiger partial charge in [0, 0.05) is 45.9 Å². The highest BCUT2D eigenvalue weighted by Gasteiger charge is 2.22. The Labute approximate surface area is 127 Å². The van der Waals surface area contributed by atoms with Gasteiger partial charge in [-0.05, 0) is 42.9 Å². The molecule has 1 atom stereocenters. The molecule has 0 spiro atoms. The number of rotatable bonds is 5. The van der Waals surface area contributed by atoms with E-state index in [1.807, 2.05) is 19.0 Å². The molecule has 0 aliphatic carbocycles. The van der Waals surface area contributed by atoms with Gasteiger partial charge >= 0.3 is 0 Å². The normalized spacial score (nSPS) is 18.6. The van der Waals surface area contributed by atoms with Gasteiger partial charge in [-0.1, -0.05) is 12.1 Å². The topological polar surface area (TPSA) is 43.8 Å². The van der Waals surface area contributed by atoms with Gasteiger partial charge in [0.05, 0.1) is 0 Å². The van der Waals surface area contributed by atoms with Gasteiger partial charge in [0.25, 0.3) is 0 Å². The van der Waals surface area contributed by atoms with Gasteiger partial charge in [-0.15, -0.1) is 0 Å². The fraction of sp³-hybridized carbons (Fsp3) is 0.588. The summed E-state index contributed by atoms with van der Waals surface area (Å²) in [5.41, 5.74) is 2.37. The number of amides is 1. The number of carbonyl (C=O) groups is 1. The number of piperidine rings is 1. The van der Waals surface area contributed by atoms with Crippen molar-refractivity contribution in [3.05, 3.63) is 29.8 Å².